The van der Waals surface area contributed by atoms with E-state index in [0.717, 1.165) is 20.8 Å². The molecular weight excluding hydrogens is 398 g/mol. The number of carbonyl (C=O) groups is 1. The maximum absolute atomic E-state index is 12.9. The SMILES string of the molecule is Nc1ccc(C(=O)NC(=Cc2ccc3c(c2)OCO3)c2nc3ccccc3s2)cc1. The quantitative estimate of drug-likeness (QED) is 0.478. The van der Waals surface area contributed by atoms with E-state index >= 15 is 0 Å². The lowest BCUT2D eigenvalue weighted by atomic mass is 10.1. The summed E-state index contributed by atoms with van der Waals surface area (Å²) in [5.41, 5.74) is 9.22. The van der Waals surface area contributed by atoms with Gasteiger partial charge in [0.15, 0.2) is 11.5 Å². The molecule has 0 bridgehead atoms. The molecule has 0 aliphatic carbocycles. The zero-order chi connectivity index (χ0) is 20.5. The van der Waals surface area contributed by atoms with E-state index < -0.39 is 0 Å². The van der Waals surface area contributed by atoms with E-state index in [9.17, 15) is 4.79 Å². The number of nitrogens with one attached hydrogen (secondary N) is 1. The Labute approximate surface area is 176 Å². The molecule has 3 aromatic carbocycles. The summed E-state index contributed by atoms with van der Waals surface area (Å²) >= 11 is 1.52. The maximum atomic E-state index is 12.9. The molecule has 0 radical (unpaired) electrons. The number of hydrogen-bond acceptors (Lipinski definition) is 6. The number of nitrogens with zero attached hydrogens (tertiary/aromatic N) is 1. The minimum atomic E-state index is -0.235. The molecule has 1 aliphatic rings. The van der Waals surface area contributed by atoms with Crippen LogP contribution in [0.2, 0.25) is 0 Å². The Kier molecular flexibility index (Phi) is 4.57. The molecule has 2 heterocycles. The van der Waals surface area contributed by atoms with Crippen molar-refractivity contribution in [2.24, 2.45) is 0 Å². The lowest BCUT2D eigenvalue weighted by molar-refractivity contribution is 0.0974. The van der Waals surface area contributed by atoms with Crippen LogP contribution in [0.4, 0.5) is 5.69 Å². The van der Waals surface area contributed by atoms with Crippen LogP contribution in [0.5, 0.6) is 11.5 Å². The minimum absolute atomic E-state index is 0.209. The Balaban J connectivity index is 1.54. The van der Waals surface area contributed by atoms with Gasteiger partial charge in [-0.15, -0.1) is 11.3 Å². The van der Waals surface area contributed by atoms with E-state index in [0.29, 0.717) is 28.4 Å². The lowest BCUT2D eigenvalue weighted by Gasteiger charge is -2.09. The number of rotatable bonds is 4. The van der Waals surface area contributed by atoms with Gasteiger partial charge in [-0.1, -0.05) is 18.2 Å². The fourth-order valence-corrected chi connectivity index (χ4v) is 4.07. The van der Waals surface area contributed by atoms with Crippen LogP contribution in [-0.2, 0) is 0 Å². The van der Waals surface area contributed by atoms with Gasteiger partial charge in [0.2, 0.25) is 6.79 Å². The topological polar surface area (TPSA) is 86.5 Å². The Bertz CT molecular complexity index is 1250. The van der Waals surface area contributed by atoms with Gasteiger partial charge >= 0.3 is 0 Å². The molecule has 1 amide bonds. The molecule has 5 rings (SSSR count). The first-order valence-electron chi connectivity index (χ1n) is 9.30. The number of anilines is 1. The van der Waals surface area contributed by atoms with Crippen LogP contribution in [0, 0.1) is 0 Å². The van der Waals surface area contributed by atoms with Crippen LogP contribution in [0.1, 0.15) is 20.9 Å². The molecule has 0 saturated heterocycles. The number of hydrogen-bond donors (Lipinski definition) is 2. The number of aromatic nitrogens is 1. The first kappa shape index (κ1) is 18.2. The molecule has 0 fully saturated rings. The van der Waals surface area contributed by atoms with Gasteiger partial charge in [0, 0.05) is 11.3 Å². The van der Waals surface area contributed by atoms with E-state index in [4.69, 9.17) is 20.2 Å². The predicted molar refractivity (Wildman–Crippen MR) is 118 cm³/mol. The zero-order valence-corrected chi connectivity index (χ0v) is 16.6. The molecule has 0 saturated carbocycles. The number of para-hydroxylation sites is 1. The summed E-state index contributed by atoms with van der Waals surface area (Å²) in [6, 6.07) is 20.3. The summed E-state index contributed by atoms with van der Waals surface area (Å²) in [6.07, 6.45) is 1.88. The lowest BCUT2D eigenvalue weighted by Crippen LogP contribution is -2.21. The zero-order valence-electron chi connectivity index (χ0n) is 15.8. The summed E-state index contributed by atoms with van der Waals surface area (Å²) < 4.78 is 11.9. The molecule has 0 atom stereocenters. The largest absolute Gasteiger partial charge is 0.454 e. The molecule has 0 unspecified atom stereocenters. The summed E-state index contributed by atoms with van der Waals surface area (Å²) in [4.78, 5) is 17.6. The molecule has 7 heteroatoms. The molecule has 4 aromatic rings. The third-order valence-electron chi connectivity index (χ3n) is 4.65. The van der Waals surface area contributed by atoms with Gasteiger partial charge in [-0.3, -0.25) is 4.79 Å². The average molecular weight is 415 g/mol. The average Bonchev–Trinajstić information content (AvgIpc) is 3.40. The Hall–Kier alpha value is -3.84. The Morgan fingerprint density at radius 2 is 1.83 bits per heavy atom. The summed E-state index contributed by atoms with van der Waals surface area (Å²) in [5.74, 6) is 1.15. The van der Waals surface area contributed by atoms with E-state index in [-0.39, 0.29) is 12.7 Å². The molecule has 0 spiro atoms. The highest BCUT2D eigenvalue weighted by Crippen LogP contribution is 2.34. The molecule has 3 N–H and O–H groups in total. The Morgan fingerprint density at radius 1 is 1.03 bits per heavy atom. The van der Waals surface area contributed by atoms with Gasteiger partial charge in [-0.25, -0.2) is 4.98 Å². The number of benzene rings is 3. The number of amides is 1. The molecule has 6 nitrogen and oxygen atoms in total. The summed E-state index contributed by atoms with van der Waals surface area (Å²) in [6.45, 7) is 0.209. The van der Waals surface area contributed by atoms with Crippen LogP contribution in [0.3, 0.4) is 0 Å². The van der Waals surface area contributed by atoms with Crippen LogP contribution < -0.4 is 20.5 Å². The van der Waals surface area contributed by atoms with Crippen LogP contribution in [0.15, 0.2) is 66.7 Å². The number of fused-ring (bicyclic) bond motifs is 2. The highest BCUT2D eigenvalue weighted by atomic mass is 32.1. The van der Waals surface area contributed by atoms with E-state index in [2.05, 4.69) is 5.32 Å². The molecular formula is C23H17N3O3S. The predicted octanol–water partition coefficient (Wildman–Crippen LogP) is 4.54. The molecule has 1 aromatic heterocycles. The number of ether oxygens (including phenoxy) is 2. The second-order valence-electron chi connectivity index (χ2n) is 6.73. The van der Waals surface area contributed by atoms with Crippen LogP contribution >= 0.6 is 11.3 Å². The van der Waals surface area contributed by atoms with E-state index in [1.54, 1.807) is 24.3 Å². The van der Waals surface area contributed by atoms with Crippen molar-refractivity contribution in [1.82, 2.24) is 10.3 Å². The monoisotopic (exact) mass is 415 g/mol. The van der Waals surface area contributed by atoms with Crippen LogP contribution in [-0.4, -0.2) is 17.7 Å². The standard InChI is InChI=1S/C23H17N3O3S/c24-16-8-6-15(7-9-16)22(27)25-18(23-26-17-3-1-2-4-21(17)30-23)11-14-5-10-19-20(12-14)29-13-28-19/h1-12H,13,24H2,(H,25,27). The van der Waals surface area contributed by atoms with Gasteiger partial charge in [0.25, 0.3) is 5.91 Å². The van der Waals surface area contributed by atoms with Crippen molar-refractivity contribution in [3.8, 4) is 11.5 Å². The van der Waals surface area contributed by atoms with Crippen molar-refractivity contribution in [1.29, 1.82) is 0 Å². The molecule has 30 heavy (non-hydrogen) atoms. The first-order valence-corrected chi connectivity index (χ1v) is 10.1. The van der Waals surface area contributed by atoms with Gasteiger partial charge in [0.1, 0.15) is 5.01 Å². The number of thiazole rings is 1. The van der Waals surface area contributed by atoms with Crippen LogP contribution in [0.25, 0.3) is 22.0 Å². The van der Waals surface area contributed by atoms with Gasteiger partial charge in [-0.05, 0) is 60.2 Å². The highest BCUT2D eigenvalue weighted by Gasteiger charge is 2.16. The minimum Gasteiger partial charge on any atom is -0.454 e. The smallest absolute Gasteiger partial charge is 0.255 e. The van der Waals surface area contributed by atoms with Gasteiger partial charge < -0.3 is 20.5 Å². The van der Waals surface area contributed by atoms with Gasteiger partial charge in [-0.2, -0.15) is 0 Å². The van der Waals surface area contributed by atoms with Crippen molar-refractivity contribution in [3.63, 3.8) is 0 Å². The number of nitrogens with two attached hydrogens (primary N) is 1. The van der Waals surface area contributed by atoms with Crippen molar-refractivity contribution in [2.75, 3.05) is 12.5 Å². The second kappa shape index (κ2) is 7.53. The second-order valence-corrected chi connectivity index (χ2v) is 7.76. The maximum Gasteiger partial charge on any atom is 0.255 e. The first-order chi connectivity index (χ1) is 14.7. The Morgan fingerprint density at radius 3 is 2.67 bits per heavy atom. The van der Waals surface area contributed by atoms with E-state index in [1.165, 1.54) is 11.3 Å². The third-order valence-corrected chi connectivity index (χ3v) is 5.72. The fraction of sp³-hybridized carbons (Fsp3) is 0.0435. The number of nitrogen functional groups attached to an aromatic ring is 1. The van der Waals surface area contributed by atoms with Crippen molar-refractivity contribution >= 4 is 44.9 Å². The fourth-order valence-electron chi connectivity index (χ4n) is 3.14. The molecule has 148 valence electrons. The van der Waals surface area contributed by atoms with Crippen molar-refractivity contribution in [3.05, 3.63) is 82.9 Å². The normalized spacial score (nSPS) is 12.9. The molecule has 1 aliphatic heterocycles. The highest BCUT2D eigenvalue weighted by molar-refractivity contribution is 7.19. The summed E-state index contributed by atoms with van der Waals surface area (Å²) in [5, 5.41) is 3.72. The summed E-state index contributed by atoms with van der Waals surface area (Å²) in [7, 11) is 0. The number of carbonyl (C=O) groups excluding carboxylic acids is 1. The third kappa shape index (κ3) is 3.58. The van der Waals surface area contributed by atoms with Crippen molar-refractivity contribution in [2.45, 2.75) is 0 Å². The van der Waals surface area contributed by atoms with Gasteiger partial charge in [0.05, 0.1) is 15.9 Å². The van der Waals surface area contributed by atoms with Crippen molar-refractivity contribution < 1.29 is 14.3 Å². The van der Waals surface area contributed by atoms with E-state index in [1.807, 2.05) is 48.5 Å².